The molecule has 1 aliphatic heterocycles. The van der Waals surface area contributed by atoms with Gasteiger partial charge in [0.15, 0.2) is 0 Å². The quantitative estimate of drug-likeness (QED) is 0.837. The molecule has 1 aliphatic rings. The van der Waals surface area contributed by atoms with Crippen LogP contribution in [0.15, 0.2) is 16.2 Å². The fraction of sp³-hybridized carbons (Fsp3) is 0.400. The number of anilines is 1. The third-order valence-electron chi connectivity index (χ3n) is 2.61. The first kappa shape index (κ1) is 10.2. The van der Waals surface area contributed by atoms with E-state index < -0.39 is 0 Å². The van der Waals surface area contributed by atoms with Crippen LogP contribution in [0.5, 0.6) is 0 Å². The first-order valence-electron chi connectivity index (χ1n) is 5.15. The number of fused-ring (bicyclic) bond motifs is 1. The molecule has 0 unspecified atom stereocenters. The van der Waals surface area contributed by atoms with E-state index in [9.17, 15) is 4.79 Å². The van der Waals surface area contributed by atoms with Crippen molar-refractivity contribution in [1.29, 1.82) is 0 Å². The fourth-order valence-corrected chi connectivity index (χ4v) is 3.41. The maximum atomic E-state index is 11.8. The van der Waals surface area contributed by atoms with Gasteiger partial charge in [-0.1, -0.05) is 0 Å². The lowest BCUT2D eigenvalue weighted by molar-refractivity contribution is 0.817. The number of nitrogens with zero attached hydrogens (tertiary/aromatic N) is 2. The summed E-state index contributed by atoms with van der Waals surface area (Å²) in [5, 5.41) is 1.91. The van der Waals surface area contributed by atoms with E-state index in [1.165, 1.54) is 11.3 Å². The molecule has 1 saturated heterocycles. The maximum absolute atomic E-state index is 11.8. The second-order valence-electron chi connectivity index (χ2n) is 3.62. The second kappa shape index (κ2) is 4.10. The third-order valence-corrected chi connectivity index (χ3v) is 4.46. The normalized spacial score (nSPS) is 16.9. The number of aromatic amines is 1. The van der Waals surface area contributed by atoms with Gasteiger partial charge in [0.25, 0.3) is 5.56 Å². The van der Waals surface area contributed by atoms with Crippen molar-refractivity contribution in [2.24, 2.45) is 0 Å². The summed E-state index contributed by atoms with van der Waals surface area (Å²) in [6.07, 6.45) is 0. The molecular weight excluding hydrogens is 242 g/mol. The molecule has 84 valence electrons. The lowest BCUT2D eigenvalue weighted by Crippen LogP contribution is -2.34. The Morgan fingerprint density at radius 2 is 2.19 bits per heavy atom. The van der Waals surface area contributed by atoms with E-state index in [1.807, 2.05) is 23.2 Å². The van der Waals surface area contributed by atoms with E-state index in [2.05, 4.69) is 14.9 Å². The first-order chi connectivity index (χ1) is 7.84. The zero-order valence-electron chi connectivity index (χ0n) is 8.60. The summed E-state index contributed by atoms with van der Waals surface area (Å²) in [7, 11) is 0. The standard InChI is InChI=1S/C10H11N3OS2/c14-9-8-7(1-4-16-8)11-10(12-9)13-2-5-15-6-3-13/h1,4H,2-3,5-6H2,(H,11,12,14). The Balaban J connectivity index is 2.06. The fourth-order valence-electron chi connectivity index (χ4n) is 1.79. The number of rotatable bonds is 1. The highest BCUT2D eigenvalue weighted by Crippen LogP contribution is 2.19. The number of hydrogen-bond acceptors (Lipinski definition) is 5. The molecule has 0 saturated carbocycles. The van der Waals surface area contributed by atoms with E-state index in [1.54, 1.807) is 0 Å². The minimum Gasteiger partial charge on any atom is -0.341 e. The number of nitrogens with one attached hydrogen (secondary N) is 1. The van der Waals surface area contributed by atoms with Crippen molar-refractivity contribution in [3.8, 4) is 0 Å². The molecule has 4 nitrogen and oxygen atoms in total. The van der Waals surface area contributed by atoms with Gasteiger partial charge in [-0.25, -0.2) is 4.98 Å². The molecule has 2 aromatic rings. The monoisotopic (exact) mass is 253 g/mol. The van der Waals surface area contributed by atoms with E-state index in [-0.39, 0.29) is 5.56 Å². The predicted molar refractivity (Wildman–Crippen MR) is 69.8 cm³/mol. The van der Waals surface area contributed by atoms with Crippen molar-refractivity contribution in [3.63, 3.8) is 0 Å². The first-order valence-corrected chi connectivity index (χ1v) is 7.18. The van der Waals surface area contributed by atoms with Crippen LogP contribution < -0.4 is 10.5 Å². The summed E-state index contributed by atoms with van der Waals surface area (Å²) >= 11 is 3.38. The topological polar surface area (TPSA) is 49.0 Å². The molecular formula is C10H11N3OS2. The molecule has 0 spiro atoms. The highest BCUT2D eigenvalue weighted by Gasteiger charge is 2.14. The zero-order valence-corrected chi connectivity index (χ0v) is 10.2. The highest BCUT2D eigenvalue weighted by molar-refractivity contribution is 7.99. The van der Waals surface area contributed by atoms with Crippen molar-refractivity contribution in [1.82, 2.24) is 9.97 Å². The van der Waals surface area contributed by atoms with Gasteiger partial charge in [-0.3, -0.25) is 9.78 Å². The molecule has 0 amide bonds. The summed E-state index contributed by atoms with van der Waals surface area (Å²) < 4.78 is 0.718. The average Bonchev–Trinajstić information content (AvgIpc) is 2.79. The summed E-state index contributed by atoms with van der Waals surface area (Å²) in [5.41, 5.74) is 0.787. The number of H-pyrrole nitrogens is 1. The van der Waals surface area contributed by atoms with Crippen molar-refractivity contribution in [3.05, 3.63) is 21.8 Å². The van der Waals surface area contributed by atoms with Gasteiger partial charge in [0.2, 0.25) is 5.95 Å². The van der Waals surface area contributed by atoms with E-state index >= 15 is 0 Å². The van der Waals surface area contributed by atoms with Crippen LogP contribution in [0, 0.1) is 0 Å². The minimum atomic E-state index is -0.0202. The molecule has 0 aliphatic carbocycles. The molecule has 0 aromatic carbocycles. The molecule has 1 N–H and O–H groups in total. The molecule has 0 bridgehead atoms. The molecule has 2 aromatic heterocycles. The summed E-state index contributed by atoms with van der Waals surface area (Å²) in [6, 6.07) is 1.90. The third kappa shape index (κ3) is 1.72. The summed E-state index contributed by atoms with van der Waals surface area (Å²) in [6.45, 7) is 1.92. The Labute approximate surface area is 101 Å². The smallest absolute Gasteiger partial charge is 0.270 e. The minimum absolute atomic E-state index is 0.0202. The van der Waals surface area contributed by atoms with Gasteiger partial charge < -0.3 is 4.90 Å². The number of thioether (sulfide) groups is 1. The van der Waals surface area contributed by atoms with Crippen LogP contribution >= 0.6 is 23.1 Å². The van der Waals surface area contributed by atoms with Crippen LogP contribution in [0.1, 0.15) is 0 Å². The SMILES string of the molecule is O=c1[nH]c(N2CCSCC2)nc2ccsc12. The summed E-state index contributed by atoms with van der Waals surface area (Å²) in [5.74, 6) is 2.92. The number of thiophene rings is 1. The largest absolute Gasteiger partial charge is 0.341 e. The Morgan fingerprint density at radius 3 is 3.00 bits per heavy atom. The second-order valence-corrected chi connectivity index (χ2v) is 5.76. The molecule has 0 radical (unpaired) electrons. The Hall–Kier alpha value is -1.01. The van der Waals surface area contributed by atoms with Crippen molar-refractivity contribution < 1.29 is 0 Å². The molecule has 16 heavy (non-hydrogen) atoms. The van der Waals surface area contributed by atoms with E-state index in [0.29, 0.717) is 0 Å². The summed E-state index contributed by atoms with van der Waals surface area (Å²) in [4.78, 5) is 21.3. The zero-order chi connectivity index (χ0) is 11.0. The van der Waals surface area contributed by atoms with Crippen LogP contribution in [0.2, 0.25) is 0 Å². The lowest BCUT2D eigenvalue weighted by Gasteiger charge is -2.26. The lowest BCUT2D eigenvalue weighted by atomic mass is 10.4. The van der Waals surface area contributed by atoms with Gasteiger partial charge in [-0.2, -0.15) is 11.8 Å². The van der Waals surface area contributed by atoms with Crippen LogP contribution in [0.4, 0.5) is 5.95 Å². The van der Waals surface area contributed by atoms with Crippen LogP contribution in [-0.2, 0) is 0 Å². The van der Waals surface area contributed by atoms with Crippen molar-refractivity contribution in [2.75, 3.05) is 29.5 Å². The maximum Gasteiger partial charge on any atom is 0.270 e. The van der Waals surface area contributed by atoms with Crippen molar-refractivity contribution in [2.45, 2.75) is 0 Å². The molecule has 0 atom stereocenters. The molecule has 3 rings (SSSR count). The average molecular weight is 253 g/mol. The van der Waals surface area contributed by atoms with Crippen LogP contribution in [0.3, 0.4) is 0 Å². The van der Waals surface area contributed by atoms with Gasteiger partial charge in [0.05, 0.1) is 5.52 Å². The van der Waals surface area contributed by atoms with Crippen LogP contribution in [0.25, 0.3) is 10.2 Å². The van der Waals surface area contributed by atoms with Crippen molar-refractivity contribution >= 4 is 39.3 Å². The van der Waals surface area contributed by atoms with Gasteiger partial charge in [0.1, 0.15) is 4.70 Å². The number of aromatic nitrogens is 2. The van der Waals surface area contributed by atoms with E-state index in [0.717, 1.165) is 40.8 Å². The number of hydrogen-bond donors (Lipinski definition) is 1. The predicted octanol–water partition coefficient (Wildman–Crippen LogP) is 1.54. The highest BCUT2D eigenvalue weighted by atomic mass is 32.2. The Kier molecular flexibility index (Phi) is 2.61. The van der Waals surface area contributed by atoms with Gasteiger partial charge >= 0.3 is 0 Å². The Bertz CT molecular complexity index is 556. The molecule has 1 fully saturated rings. The van der Waals surface area contributed by atoms with Gasteiger partial charge in [0, 0.05) is 24.6 Å². The Morgan fingerprint density at radius 1 is 1.38 bits per heavy atom. The van der Waals surface area contributed by atoms with Crippen LogP contribution in [-0.4, -0.2) is 34.6 Å². The molecule has 6 heteroatoms. The van der Waals surface area contributed by atoms with Gasteiger partial charge in [-0.05, 0) is 11.4 Å². The van der Waals surface area contributed by atoms with Gasteiger partial charge in [-0.15, -0.1) is 11.3 Å². The van der Waals surface area contributed by atoms with E-state index in [4.69, 9.17) is 0 Å². The molecule has 3 heterocycles.